The van der Waals surface area contributed by atoms with Gasteiger partial charge in [0.05, 0.1) is 6.61 Å². The first-order valence-electron chi connectivity index (χ1n) is 5.86. The Bertz CT molecular complexity index is 431. The van der Waals surface area contributed by atoms with E-state index in [1.807, 2.05) is 11.9 Å². The van der Waals surface area contributed by atoms with Crippen LogP contribution >= 0.6 is 11.6 Å². The van der Waals surface area contributed by atoms with E-state index in [2.05, 4.69) is 15.3 Å². The van der Waals surface area contributed by atoms with Gasteiger partial charge in [0.25, 0.3) is 0 Å². The molecule has 0 radical (unpaired) electrons. The van der Waals surface area contributed by atoms with Gasteiger partial charge in [0, 0.05) is 32.8 Å². The maximum Gasteiger partial charge on any atom is 0.433 e. The highest BCUT2D eigenvalue weighted by molar-refractivity contribution is 6.28. The summed E-state index contributed by atoms with van der Waals surface area (Å²) in [5.74, 6) is 0.0532. The summed E-state index contributed by atoms with van der Waals surface area (Å²) in [5.41, 5.74) is -1.06. The van der Waals surface area contributed by atoms with Gasteiger partial charge in [-0.25, -0.2) is 9.97 Å². The molecule has 9 heteroatoms. The van der Waals surface area contributed by atoms with Crippen LogP contribution < -0.4 is 5.32 Å². The minimum absolute atomic E-state index is 0.0532. The lowest BCUT2D eigenvalue weighted by Crippen LogP contribution is -2.28. The lowest BCUT2D eigenvalue weighted by Gasteiger charge is -2.16. The van der Waals surface area contributed by atoms with Crippen molar-refractivity contribution in [2.24, 2.45) is 0 Å². The summed E-state index contributed by atoms with van der Waals surface area (Å²) in [6.07, 6.45) is -4.54. The number of halogens is 4. The molecule has 20 heavy (non-hydrogen) atoms. The zero-order chi connectivity index (χ0) is 15.2. The topological polar surface area (TPSA) is 50.3 Å². The number of aromatic nitrogens is 2. The third kappa shape index (κ3) is 5.89. The Balaban J connectivity index is 2.54. The fourth-order valence-electron chi connectivity index (χ4n) is 1.39. The monoisotopic (exact) mass is 312 g/mol. The summed E-state index contributed by atoms with van der Waals surface area (Å²) in [6, 6.07) is 0.834. The number of ether oxygens (including phenoxy) is 1. The van der Waals surface area contributed by atoms with Crippen LogP contribution in [0.4, 0.5) is 19.0 Å². The van der Waals surface area contributed by atoms with E-state index in [-0.39, 0.29) is 5.82 Å². The summed E-state index contributed by atoms with van der Waals surface area (Å²) in [5, 5.41) is 2.35. The first-order chi connectivity index (χ1) is 9.32. The Morgan fingerprint density at radius 1 is 1.35 bits per heavy atom. The molecule has 0 aliphatic rings. The third-order valence-electron chi connectivity index (χ3n) is 2.47. The summed E-state index contributed by atoms with van der Waals surface area (Å²) >= 11 is 5.48. The summed E-state index contributed by atoms with van der Waals surface area (Å²) in [6.45, 7) is 2.39. The van der Waals surface area contributed by atoms with Gasteiger partial charge in [0.1, 0.15) is 5.82 Å². The van der Waals surface area contributed by atoms with E-state index in [0.717, 1.165) is 12.6 Å². The molecule has 1 aromatic rings. The molecule has 0 bridgehead atoms. The van der Waals surface area contributed by atoms with Crippen molar-refractivity contribution in [2.75, 3.05) is 45.7 Å². The van der Waals surface area contributed by atoms with Gasteiger partial charge >= 0.3 is 6.18 Å². The van der Waals surface area contributed by atoms with Crippen molar-refractivity contribution >= 4 is 17.4 Å². The Hall–Kier alpha value is -1.12. The molecule has 0 fully saturated rings. The number of nitrogens with one attached hydrogen (secondary N) is 1. The molecule has 114 valence electrons. The van der Waals surface area contributed by atoms with Crippen molar-refractivity contribution in [3.8, 4) is 0 Å². The number of methoxy groups -OCH3 is 1. The molecule has 0 saturated carbocycles. The number of anilines is 1. The number of nitrogens with zero attached hydrogens (tertiary/aromatic N) is 3. The maximum atomic E-state index is 12.5. The molecule has 1 N–H and O–H groups in total. The van der Waals surface area contributed by atoms with Crippen LogP contribution in [0.25, 0.3) is 0 Å². The van der Waals surface area contributed by atoms with Crippen LogP contribution in [0, 0.1) is 0 Å². The van der Waals surface area contributed by atoms with Crippen molar-refractivity contribution in [2.45, 2.75) is 6.18 Å². The van der Waals surface area contributed by atoms with Crippen molar-refractivity contribution in [1.82, 2.24) is 14.9 Å². The highest BCUT2D eigenvalue weighted by Gasteiger charge is 2.33. The predicted octanol–water partition coefficient (Wildman–Crippen LogP) is 2.14. The van der Waals surface area contributed by atoms with Crippen LogP contribution in [-0.4, -0.2) is 55.3 Å². The molecular formula is C11H16ClF3N4O. The van der Waals surface area contributed by atoms with Crippen LogP contribution in [-0.2, 0) is 10.9 Å². The minimum atomic E-state index is -4.54. The molecule has 0 saturated heterocycles. The molecule has 1 heterocycles. The van der Waals surface area contributed by atoms with E-state index in [1.54, 1.807) is 7.11 Å². The maximum absolute atomic E-state index is 12.5. The van der Waals surface area contributed by atoms with Crippen molar-refractivity contribution in [1.29, 1.82) is 0 Å². The Morgan fingerprint density at radius 2 is 2.05 bits per heavy atom. The van der Waals surface area contributed by atoms with Crippen molar-refractivity contribution < 1.29 is 17.9 Å². The van der Waals surface area contributed by atoms with Gasteiger partial charge in [-0.3, -0.25) is 0 Å². The molecule has 0 atom stereocenters. The number of alkyl halides is 3. The lowest BCUT2D eigenvalue weighted by molar-refractivity contribution is -0.141. The zero-order valence-electron chi connectivity index (χ0n) is 11.2. The fraction of sp³-hybridized carbons (Fsp3) is 0.636. The van der Waals surface area contributed by atoms with Gasteiger partial charge in [0.2, 0.25) is 5.28 Å². The Labute approximate surface area is 120 Å². The summed E-state index contributed by atoms with van der Waals surface area (Å²) in [4.78, 5) is 8.83. The first-order valence-corrected chi connectivity index (χ1v) is 6.24. The van der Waals surface area contributed by atoms with Crippen molar-refractivity contribution in [3.63, 3.8) is 0 Å². The average molecular weight is 313 g/mol. The number of hydrogen-bond donors (Lipinski definition) is 1. The SMILES string of the molecule is COCCN(C)CCNc1cc(C(F)(F)F)nc(Cl)n1. The molecule has 5 nitrogen and oxygen atoms in total. The van der Waals surface area contributed by atoms with E-state index >= 15 is 0 Å². The molecule has 0 aliphatic heterocycles. The lowest BCUT2D eigenvalue weighted by atomic mass is 10.4. The minimum Gasteiger partial charge on any atom is -0.383 e. The fourth-order valence-corrected chi connectivity index (χ4v) is 1.57. The third-order valence-corrected chi connectivity index (χ3v) is 2.64. The summed E-state index contributed by atoms with van der Waals surface area (Å²) < 4.78 is 42.5. The van der Waals surface area contributed by atoms with Gasteiger partial charge in [-0.1, -0.05) is 0 Å². The van der Waals surface area contributed by atoms with E-state index in [4.69, 9.17) is 16.3 Å². The number of rotatable bonds is 7. The average Bonchev–Trinajstić information content (AvgIpc) is 2.34. The normalized spacial score (nSPS) is 11.9. The van der Waals surface area contributed by atoms with Crippen LogP contribution in [0.2, 0.25) is 5.28 Å². The van der Waals surface area contributed by atoms with Crippen LogP contribution in [0.1, 0.15) is 5.69 Å². The highest BCUT2D eigenvalue weighted by atomic mass is 35.5. The van der Waals surface area contributed by atoms with E-state index in [1.165, 1.54) is 0 Å². The van der Waals surface area contributed by atoms with Crippen LogP contribution in [0.5, 0.6) is 0 Å². The molecule has 0 aromatic carbocycles. The van der Waals surface area contributed by atoms with Gasteiger partial charge < -0.3 is 15.0 Å². The largest absolute Gasteiger partial charge is 0.433 e. The standard InChI is InChI=1S/C11H16ClF3N4O/c1-19(5-6-20-2)4-3-16-9-7-8(11(13,14)15)17-10(12)18-9/h7H,3-6H2,1-2H3,(H,16,17,18). The van der Waals surface area contributed by atoms with Gasteiger partial charge in [-0.2, -0.15) is 13.2 Å². The number of likely N-dealkylation sites (N-methyl/N-ethyl adjacent to an activating group) is 1. The Morgan fingerprint density at radius 3 is 2.65 bits per heavy atom. The molecule has 0 aliphatic carbocycles. The van der Waals surface area contributed by atoms with Gasteiger partial charge in [-0.05, 0) is 18.6 Å². The van der Waals surface area contributed by atoms with E-state index in [0.29, 0.717) is 19.7 Å². The second kappa shape index (κ2) is 7.61. The quantitative estimate of drug-likeness (QED) is 0.782. The Kier molecular flexibility index (Phi) is 6.44. The molecule has 1 rings (SSSR count). The van der Waals surface area contributed by atoms with E-state index in [9.17, 15) is 13.2 Å². The van der Waals surface area contributed by atoms with Crippen LogP contribution in [0.3, 0.4) is 0 Å². The predicted molar refractivity (Wildman–Crippen MR) is 69.9 cm³/mol. The second-order valence-electron chi connectivity index (χ2n) is 4.13. The van der Waals surface area contributed by atoms with Crippen molar-refractivity contribution in [3.05, 3.63) is 17.0 Å². The van der Waals surface area contributed by atoms with Crippen LogP contribution in [0.15, 0.2) is 6.07 Å². The highest BCUT2D eigenvalue weighted by Crippen LogP contribution is 2.29. The van der Waals surface area contributed by atoms with Gasteiger partial charge in [0.15, 0.2) is 5.69 Å². The van der Waals surface area contributed by atoms with Gasteiger partial charge in [-0.15, -0.1) is 0 Å². The first kappa shape index (κ1) is 16.9. The molecule has 0 unspecified atom stereocenters. The molecule has 0 amide bonds. The smallest absolute Gasteiger partial charge is 0.383 e. The number of hydrogen-bond acceptors (Lipinski definition) is 5. The molecule has 1 aromatic heterocycles. The van der Waals surface area contributed by atoms with E-state index < -0.39 is 17.2 Å². The zero-order valence-corrected chi connectivity index (χ0v) is 11.9. The second-order valence-corrected chi connectivity index (χ2v) is 4.47. The molecule has 0 spiro atoms. The molecular weight excluding hydrogens is 297 g/mol. The summed E-state index contributed by atoms with van der Waals surface area (Å²) in [7, 11) is 3.49.